The highest BCUT2D eigenvalue weighted by Gasteiger charge is 2.18. The van der Waals surface area contributed by atoms with Crippen LogP contribution in [0.15, 0.2) is 16.7 Å². The minimum Gasteiger partial charge on any atom is -0.388 e. The minimum absolute atomic E-state index is 0.307. The number of rotatable bonds is 0. The molecule has 1 aromatic rings. The lowest BCUT2D eigenvalue weighted by molar-refractivity contribution is 0.155. The van der Waals surface area contributed by atoms with Gasteiger partial charge in [-0.2, -0.15) is 0 Å². The van der Waals surface area contributed by atoms with Crippen molar-refractivity contribution in [2.24, 2.45) is 0 Å². The van der Waals surface area contributed by atoms with E-state index in [9.17, 15) is 5.11 Å². The second-order valence-corrected chi connectivity index (χ2v) is 4.01. The summed E-state index contributed by atoms with van der Waals surface area (Å²) in [6, 6.07) is 1.96. The molecular formula is C9H10BrNO. The van der Waals surface area contributed by atoms with Crippen molar-refractivity contribution in [3.8, 4) is 0 Å². The number of pyridine rings is 1. The Kier molecular flexibility index (Phi) is 2.15. The average molecular weight is 228 g/mol. The molecule has 64 valence electrons. The van der Waals surface area contributed by atoms with E-state index in [-0.39, 0.29) is 6.10 Å². The zero-order valence-corrected chi connectivity index (χ0v) is 8.21. The van der Waals surface area contributed by atoms with Crippen molar-refractivity contribution >= 4 is 15.9 Å². The molecule has 0 aliphatic heterocycles. The first kappa shape index (κ1) is 8.20. The summed E-state index contributed by atoms with van der Waals surface area (Å²) in [6.07, 6.45) is 4.39. The summed E-state index contributed by atoms with van der Waals surface area (Å²) in [5.74, 6) is 0. The summed E-state index contributed by atoms with van der Waals surface area (Å²) in [7, 11) is 0. The Bertz CT molecular complexity index is 301. The smallest absolute Gasteiger partial charge is 0.0808 e. The number of aromatic nitrogens is 1. The molecule has 1 unspecified atom stereocenters. The molecule has 0 amide bonds. The summed E-state index contributed by atoms with van der Waals surface area (Å²) in [5.41, 5.74) is 2.05. The van der Waals surface area contributed by atoms with Gasteiger partial charge in [0, 0.05) is 21.9 Å². The molecule has 1 atom stereocenters. The Balaban J connectivity index is 2.47. The zero-order valence-electron chi connectivity index (χ0n) is 6.63. The maximum absolute atomic E-state index is 9.62. The molecule has 1 heterocycles. The Morgan fingerprint density at radius 3 is 3.25 bits per heavy atom. The zero-order chi connectivity index (χ0) is 8.55. The van der Waals surface area contributed by atoms with Crippen molar-refractivity contribution in [1.82, 2.24) is 4.98 Å². The van der Waals surface area contributed by atoms with E-state index in [4.69, 9.17) is 0 Å². The summed E-state index contributed by atoms with van der Waals surface area (Å²) in [6.45, 7) is 0. The Hall–Kier alpha value is -0.410. The van der Waals surface area contributed by atoms with E-state index in [1.165, 1.54) is 0 Å². The van der Waals surface area contributed by atoms with Crippen LogP contribution in [0.3, 0.4) is 0 Å². The van der Waals surface area contributed by atoms with Crippen LogP contribution in [0.25, 0.3) is 0 Å². The van der Waals surface area contributed by atoms with Gasteiger partial charge in [-0.05, 0) is 41.3 Å². The van der Waals surface area contributed by atoms with Crippen LogP contribution in [0.2, 0.25) is 0 Å². The molecule has 1 N–H and O–H groups in total. The topological polar surface area (TPSA) is 33.1 Å². The first-order valence-corrected chi connectivity index (χ1v) is 4.89. The second-order valence-electron chi connectivity index (χ2n) is 3.10. The van der Waals surface area contributed by atoms with E-state index >= 15 is 0 Å². The monoisotopic (exact) mass is 227 g/mol. The van der Waals surface area contributed by atoms with E-state index in [0.717, 1.165) is 35.0 Å². The van der Waals surface area contributed by atoms with E-state index in [2.05, 4.69) is 20.9 Å². The predicted molar refractivity (Wildman–Crippen MR) is 49.8 cm³/mol. The third kappa shape index (κ3) is 1.39. The van der Waals surface area contributed by atoms with Crippen LogP contribution in [-0.2, 0) is 6.42 Å². The van der Waals surface area contributed by atoms with Gasteiger partial charge in [0.05, 0.1) is 6.10 Å². The lowest BCUT2D eigenvalue weighted by atomic mass is 9.94. The molecule has 0 radical (unpaired) electrons. The summed E-state index contributed by atoms with van der Waals surface area (Å²) in [4.78, 5) is 4.26. The standard InChI is InChI=1S/C9H10BrNO/c10-6-4-7-8(11-5-6)2-1-3-9(7)12/h4-5,9,12H,1-3H2. The lowest BCUT2D eigenvalue weighted by Gasteiger charge is -2.19. The number of fused-ring (bicyclic) bond motifs is 1. The van der Waals surface area contributed by atoms with Crippen LogP contribution < -0.4 is 0 Å². The fourth-order valence-corrected chi connectivity index (χ4v) is 1.95. The van der Waals surface area contributed by atoms with Crippen LogP contribution in [0, 0.1) is 0 Å². The first-order chi connectivity index (χ1) is 5.77. The van der Waals surface area contributed by atoms with Gasteiger partial charge in [-0.25, -0.2) is 0 Å². The van der Waals surface area contributed by atoms with Crippen molar-refractivity contribution in [1.29, 1.82) is 0 Å². The highest BCUT2D eigenvalue weighted by molar-refractivity contribution is 9.10. The molecule has 1 aliphatic rings. The fraction of sp³-hybridized carbons (Fsp3) is 0.444. The number of aliphatic hydroxyl groups excluding tert-OH is 1. The number of nitrogens with zero attached hydrogens (tertiary/aromatic N) is 1. The summed E-state index contributed by atoms with van der Waals surface area (Å²) >= 11 is 3.34. The Morgan fingerprint density at radius 2 is 2.42 bits per heavy atom. The molecule has 0 saturated carbocycles. The molecule has 0 aromatic carbocycles. The third-order valence-electron chi connectivity index (χ3n) is 2.22. The van der Waals surface area contributed by atoms with Crippen molar-refractivity contribution in [2.75, 3.05) is 0 Å². The average Bonchev–Trinajstić information content (AvgIpc) is 2.07. The highest BCUT2D eigenvalue weighted by atomic mass is 79.9. The van der Waals surface area contributed by atoms with Gasteiger partial charge < -0.3 is 5.11 Å². The van der Waals surface area contributed by atoms with Crippen LogP contribution in [0.4, 0.5) is 0 Å². The van der Waals surface area contributed by atoms with Gasteiger partial charge in [0.2, 0.25) is 0 Å². The number of aryl methyl sites for hydroxylation is 1. The van der Waals surface area contributed by atoms with Crippen LogP contribution in [0.1, 0.15) is 30.2 Å². The molecule has 2 nitrogen and oxygen atoms in total. The van der Waals surface area contributed by atoms with Crippen molar-refractivity contribution < 1.29 is 5.11 Å². The molecule has 0 fully saturated rings. The molecule has 12 heavy (non-hydrogen) atoms. The van der Waals surface area contributed by atoms with E-state index < -0.39 is 0 Å². The number of hydrogen-bond donors (Lipinski definition) is 1. The number of hydrogen-bond acceptors (Lipinski definition) is 2. The second kappa shape index (κ2) is 3.15. The number of halogens is 1. The SMILES string of the molecule is OC1CCCc2ncc(Br)cc21. The molecule has 0 saturated heterocycles. The van der Waals surface area contributed by atoms with Gasteiger partial charge >= 0.3 is 0 Å². The highest BCUT2D eigenvalue weighted by Crippen LogP contribution is 2.29. The quantitative estimate of drug-likeness (QED) is 0.738. The van der Waals surface area contributed by atoms with E-state index in [1.807, 2.05) is 6.07 Å². The lowest BCUT2D eigenvalue weighted by Crippen LogP contribution is -2.10. The van der Waals surface area contributed by atoms with Crippen LogP contribution in [0.5, 0.6) is 0 Å². The number of aliphatic hydroxyl groups is 1. The van der Waals surface area contributed by atoms with Gasteiger partial charge in [-0.3, -0.25) is 4.98 Å². The van der Waals surface area contributed by atoms with Crippen LogP contribution >= 0.6 is 15.9 Å². The Morgan fingerprint density at radius 1 is 1.58 bits per heavy atom. The molecule has 3 heteroatoms. The van der Waals surface area contributed by atoms with Gasteiger partial charge in [-0.1, -0.05) is 0 Å². The molecule has 2 rings (SSSR count). The normalized spacial score (nSPS) is 22.0. The first-order valence-electron chi connectivity index (χ1n) is 4.10. The predicted octanol–water partition coefficient (Wildman–Crippen LogP) is 2.21. The molecular weight excluding hydrogens is 218 g/mol. The summed E-state index contributed by atoms with van der Waals surface area (Å²) in [5, 5.41) is 9.62. The summed E-state index contributed by atoms with van der Waals surface area (Å²) < 4.78 is 0.946. The minimum atomic E-state index is -0.307. The van der Waals surface area contributed by atoms with Gasteiger partial charge in [0.15, 0.2) is 0 Å². The third-order valence-corrected chi connectivity index (χ3v) is 2.65. The molecule has 0 bridgehead atoms. The van der Waals surface area contributed by atoms with Crippen molar-refractivity contribution in [3.63, 3.8) is 0 Å². The van der Waals surface area contributed by atoms with Gasteiger partial charge in [-0.15, -0.1) is 0 Å². The van der Waals surface area contributed by atoms with Crippen molar-refractivity contribution in [2.45, 2.75) is 25.4 Å². The maximum atomic E-state index is 9.62. The van der Waals surface area contributed by atoms with Gasteiger partial charge in [0.1, 0.15) is 0 Å². The largest absolute Gasteiger partial charge is 0.388 e. The fourth-order valence-electron chi connectivity index (χ4n) is 1.60. The van der Waals surface area contributed by atoms with E-state index in [0.29, 0.717) is 0 Å². The maximum Gasteiger partial charge on any atom is 0.0808 e. The van der Waals surface area contributed by atoms with Crippen molar-refractivity contribution in [3.05, 3.63) is 28.0 Å². The van der Waals surface area contributed by atoms with Gasteiger partial charge in [0.25, 0.3) is 0 Å². The van der Waals surface area contributed by atoms with Crippen LogP contribution in [-0.4, -0.2) is 10.1 Å². The molecule has 0 spiro atoms. The van der Waals surface area contributed by atoms with E-state index in [1.54, 1.807) is 6.20 Å². The molecule has 1 aromatic heterocycles. The Labute approximate surface area is 79.8 Å². The molecule has 1 aliphatic carbocycles.